The number of alkyl halides is 4. The van der Waals surface area contributed by atoms with Crippen molar-refractivity contribution in [2.75, 3.05) is 13.2 Å². The number of hydrogen-bond donors (Lipinski definition) is 0. The Kier molecular flexibility index (Phi) is 8.49. The van der Waals surface area contributed by atoms with Gasteiger partial charge < -0.3 is 9.47 Å². The molecule has 0 aliphatic rings. The van der Waals surface area contributed by atoms with Gasteiger partial charge in [0, 0.05) is 11.1 Å². The quantitative estimate of drug-likeness (QED) is 0.238. The molecule has 0 atom stereocenters. The molecular formula is C22H24F4O3. The highest BCUT2D eigenvalue weighted by molar-refractivity contribution is 6.09. The molecule has 0 unspecified atom stereocenters. The lowest BCUT2D eigenvalue weighted by Gasteiger charge is -2.16. The first kappa shape index (κ1) is 22.7. The molecule has 158 valence electrons. The predicted octanol–water partition coefficient (Wildman–Crippen LogP) is 6.16. The Morgan fingerprint density at radius 2 is 1.38 bits per heavy atom. The lowest BCUT2D eigenvalue weighted by molar-refractivity contribution is -0.148. The van der Waals surface area contributed by atoms with E-state index in [0.717, 1.165) is 19.3 Å². The number of halogens is 4. The van der Waals surface area contributed by atoms with E-state index in [0.29, 0.717) is 23.5 Å². The molecular weight excluding hydrogens is 388 g/mol. The normalized spacial score (nSPS) is 11.5. The summed E-state index contributed by atoms with van der Waals surface area (Å²) in [7, 11) is 0. The molecule has 7 heteroatoms. The van der Waals surface area contributed by atoms with Crippen molar-refractivity contribution in [3.05, 3.63) is 59.7 Å². The fraction of sp³-hybridized carbons (Fsp3) is 0.409. The van der Waals surface area contributed by atoms with Gasteiger partial charge in [0.2, 0.25) is 0 Å². The van der Waals surface area contributed by atoms with E-state index < -0.39 is 19.0 Å². The van der Waals surface area contributed by atoms with Gasteiger partial charge in [-0.1, -0.05) is 26.2 Å². The second-order valence-electron chi connectivity index (χ2n) is 6.64. The van der Waals surface area contributed by atoms with E-state index in [9.17, 15) is 22.4 Å². The molecule has 2 rings (SSSR count). The third-order valence-electron chi connectivity index (χ3n) is 4.25. The molecule has 0 aromatic heterocycles. The summed E-state index contributed by atoms with van der Waals surface area (Å²) in [6, 6.07) is 12.1. The summed E-state index contributed by atoms with van der Waals surface area (Å²) in [4.78, 5) is 12.5. The fourth-order valence-electron chi connectivity index (χ4n) is 2.53. The third kappa shape index (κ3) is 7.07. The predicted molar refractivity (Wildman–Crippen MR) is 102 cm³/mol. The molecule has 0 fully saturated rings. The highest BCUT2D eigenvalue weighted by Gasteiger charge is 2.41. The number of benzene rings is 2. The summed E-state index contributed by atoms with van der Waals surface area (Å²) in [6.45, 7) is 1.33. The van der Waals surface area contributed by atoms with Crippen LogP contribution >= 0.6 is 0 Å². The molecule has 0 bridgehead atoms. The summed E-state index contributed by atoms with van der Waals surface area (Å²) in [5.74, 6) is -3.83. The van der Waals surface area contributed by atoms with E-state index in [4.69, 9.17) is 9.47 Å². The molecule has 0 aliphatic carbocycles. The molecule has 0 heterocycles. The third-order valence-corrected chi connectivity index (χ3v) is 4.25. The van der Waals surface area contributed by atoms with Gasteiger partial charge in [-0.25, -0.2) is 8.78 Å². The number of ether oxygens (including phenoxy) is 2. The second-order valence-corrected chi connectivity index (χ2v) is 6.64. The van der Waals surface area contributed by atoms with E-state index in [-0.39, 0.29) is 11.5 Å². The fourth-order valence-corrected chi connectivity index (χ4v) is 2.53. The Morgan fingerprint density at radius 1 is 0.862 bits per heavy atom. The van der Waals surface area contributed by atoms with Crippen LogP contribution in [-0.4, -0.2) is 31.3 Å². The summed E-state index contributed by atoms with van der Waals surface area (Å²) < 4.78 is 60.4. The Balaban J connectivity index is 1.89. The number of unbranched alkanes of at least 4 members (excludes halogenated alkanes) is 3. The molecule has 29 heavy (non-hydrogen) atoms. The molecule has 0 radical (unpaired) electrons. The van der Waals surface area contributed by atoms with E-state index >= 15 is 0 Å². The number of ketones is 1. The summed E-state index contributed by atoms with van der Waals surface area (Å²) >= 11 is 0. The van der Waals surface area contributed by atoms with Crippen molar-refractivity contribution < 1.29 is 31.8 Å². The van der Waals surface area contributed by atoms with Crippen molar-refractivity contribution >= 4 is 5.78 Å². The molecule has 3 nitrogen and oxygen atoms in total. The smallest absolute Gasteiger partial charge is 0.340 e. The maximum absolute atomic E-state index is 12.9. The average molecular weight is 412 g/mol. The first-order chi connectivity index (χ1) is 13.8. The largest absolute Gasteiger partial charge is 0.494 e. The Labute approximate surface area is 167 Å². The number of carbonyl (C=O) groups excluding carboxylic acids is 1. The maximum atomic E-state index is 12.9. The average Bonchev–Trinajstić information content (AvgIpc) is 2.72. The van der Waals surface area contributed by atoms with E-state index in [1.54, 1.807) is 24.3 Å². The highest BCUT2D eigenvalue weighted by Crippen LogP contribution is 2.25. The van der Waals surface area contributed by atoms with Gasteiger partial charge in [0.25, 0.3) is 0 Å². The number of carbonyl (C=O) groups is 1. The zero-order chi connectivity index (χ0) is 21.3. The molecule has 0 aliphatic heterocycles. The second kappa shape index (κ2) is 10.8. The first-order valence-corrected chi connectivity index (χ1v) is 9.50. The van der Waals surface area contributed by atoms with Gasteiger partial charge >= 0.3 is 12.3 Å². The van der Waals surface area contributed by atoms with Crippen LogP contribution in [0, 0.1) is 0 Å². The first-order valence-electron chi connectivity index (χ1n) is 9.50. The Hall–Kier alpha value is -2.57. The Morgan fingerprint density at radius 3 is 1.86 bits per heavy atom. The highest BCUT2D eigenvalue weighted by atomic mass is 19.3. The zero-order valence-electron chi connectivity index (χ0n) is 16.2. The topological polar surface area (TPSA) is 35.5 Å². The van der Waals surface area contributed by atoms with Crippen LogP contribution < -0.4 is 9.47 Å². The van der Waals surface area contributed by atoms with Crippen LogP contribution in [-0.2, 0) is 0 Å². The lowest BCUT2D eigenvalue weighted by atomic mass is 10.0. The minimum atomic E-state index is -4.23. The van der Waals surface area contributed by atoms with Crippen molar-refractivity contribution in [2.45, 2.75) is 45.0 Å². The summed E-state index contributed by atoms with van der Waals surface area (Å²) in [6.07, 6.45) is 0.631. The SMILES string of the molecule is CCCCCCOc1ccc(C(=O)c2ccc(OCC(F)(F)C(F)F)cc2)cc1. The monoisotopic (exact) mass is 412 g/mol. The summed E-state index contributed by atoms with van der Waals surface area (Å²) in [5, 5.41) is 0. The van der Waals surface area contributed by atoms with Gasteiger partial charge in [0.1, 0.15) is 11.5 Å². The maximum Gasteiger partial charge on any atom is 0.340 e. The van der Waals surface area contributed by atoms with E-state index in [1.165, 1.54) is 30.7 Å². The van der Waals surface area contributed by atoms with Gasteiger partial charge in [-0.05, 0) is 55.0 Å². The van der Waals surface area contributed by atoms with Crippen molar-refractivity contribution in [3.63, 3.8) is 0 Å². The van der Waals surface area contributed by atoms with Crippen LogP contribution in [0.4, 0.5) is 17.6 Å². The summed E-state index contributed by atoms with van der Waals surface area (Å²) in [5.41, 5.74) is 0.771. The van der Waals surface area contributed by atoms with Crippen LogP contribution in [0.15, 0.2) is 48.5 Å². The van der Waals surface area contributed by atoms with Crippen molar-refractivity contribution in [1.82, 2.24) is 0 Å². The van der Waals surface area contributed by atoms with Crippen LogP contribution in [0.25, 0.3) is 0 Å². The number of hydrogen-bond acceptors (Lipinski definition) is 3. The molecule has 0 amide bonds. The van der Waals surface area contributed by atoms with Crippen molar-refractivity contribution in [3.8, 4) is 11.5 Å². The van der Waals surface area contributed by atoms with E-state index in [2.05, 4.69) is 6.92 Å². The molecule has 0 N–H and O–H groups in total. The minimum Gasteiger partial charge on any atom is -0.494 e. The zero-order valence-corrected chi connectivity index (χ0v) is 16.2. The standard InChI is InChI=1S/C22H24F4O3/c1-2-3-4-5-14-28-18-10-6-16(7-11-18)20(27)17-8-12-19(13-9-17)29-15-22(25,26)21(23)24/h6-13,21H,2-5,14-15H2,1H3. The van der Waals surface area contributed by atoms with Gasteiger partial charge in [0.15, 0.2) is 12.4 Å². The Bertz CT molecular complexity index is 759. The van der Waals surface area contributed by atoms with Crippen LogP contribution in [0.5, 0.6) is 11.5 Å². The van der Waals surface area contributed by atoms with Gasteiger partial charge in [0.05, 0.1) is 6.61 Å². The lowest BCUT2D eigenvalue weighted by Crippen LogP contribution is -2.33. The minimum absolute atomic E-state index is 0.0197. The van der Waals surface area contributed by atoms with Crippen molar-refractivity contribution in [1.29, 1.82) is 0 Å². The molecule has 0 saturated heterocycles. The van der Waals surface area contributed by atoms with Gasteiger partial charge in [-0.3, -0.25) is 4.79 Å². The van der Waals surface area contributed by atoms with E-state index in [1.807, 2.05) is 0 Å². The van der Waals surface area contributed by atoms with Crippen LogP contribution in [0.3, 0.4) is 0 Å². The molecule has 2 aromatic rings. The molecule has 0 saturated carbocycles. The van der Waals surface area contributed by atoms with Gasteiger partial charge in [-0.15, -0.1) is 0 Å². The molecule has 0 spiro atoms. The molecule has 2 aromatic carbocycles. The number of rotatable bonds is 12. The van der Waals surface area contributed by atoms with Crippen LogP contribution in [0.1, 0.15) is 48.5 Å². The van der Waals surface area contributed by atoms with Crippen molar-refractivity contribution in [2.24, 2.45) is 0 Å². The van der Waals surface area contributed by atoms with Crippen LogP contribution in [0.2, 0.25) is 0 Å². The van der Waals surface area contributed by atoms with Gasteiger partial charge in [-0.2, -0.15) is 8.78 Å².